The van der Waals surface area contributed by atoms with Crippen molar-refractivity contribution in [1.29, 1.82) is 5.26 Å². The van der Waals surface area contributed by atoms with Gasteiger partial charge < -0.3 is 25.6 Å². The van der Waals surface area contributed by atoms with Crippen molar-refractivity contribution < 1.29 is 120 Å². The Hall–Kier alpha value is -10.6. The zero-order chi connectivity index (χ0) is 86.3. The van der Waals surface area contributed by atoms with Gasteiger partial charge in [-0.2, -0.15) is 66.9 Å². The Bertz CT molecular complexity index is 6420. The summed E-state index contributed by atoms with van der Waals surface area (Å²) in [5.74, 6) is -3.43. The van der Waals surface area contributed by atoms with E-state index in [0.717, 1.165) is 48.1 Å². The summed E-state index contributed by atoms with van der Waals surface area (Å²) in [5, 5.41) is 93.1. The Labute approximate surface area is 673 Å². The number of azo groups is 4. The van der Waals surface area contributed by atoms with Gasteiger partial charge in [0.05, 0.1) is 82.4 Å². The first kappa shape index (κ1) is 94.2. The lowest BCUT2D eigenvalue weighted by Crippen LogP contribution is -2.08. The van der Waals surface area contributed by atoms with Crippen LogP contribution in [0.4, 0.5) is 74.5 Å². The number of nitriles is 1. The number of rotatable bonds is 32. The first-order valence-electron chi connectivity index (χ1n) is 31.3. The van der Waals surface area contributed by atoms with E-state index in [0.29, 0.717) is 33.1 Å². The van der Waals surface area contributed by atoms with Crippen molar-refractivity contribution in [2.75, 3.05) is 51.9 Å². The van der Waals surface area contributed by atoms with Crippen LogP contribution in [0.15, 0.2) is 177 Å². The Morgan fingerprint density at radius 1 is 0.612 bits per heavy atom. The molecular weight excluding hydrogens is 1760 g/mol. The number of nitrogens with zero attached hydrogens (tertiary/aromatic N) is 15. The molecule has 1 atom stereocenters. The zero-order valence-corrected chi connectivity index (χ0v) is 68.1. The highest BCUT2D eigenvalue weighted by Gasteiger charge is 2.25. The van der Waals surface area contributed by atoms with Crippen LogP contribution in [0.2, 0.25) is 0 Å². The van der Waals surface area contributed by atoms with E-state index in [4.69, 9.17) is 40.4 Å². The molecule has 0 amide bonds. The maximum Gasteiger partial charge on any atom is 0.425 e. The van der Waals surface area contributed by atoms with Crippen molar-refractivity contribution in [3.05, 3.63) is 148 Å². The summed E-state index contributed by atoms with van der Waals surface area (Å²) in [7, 11) is -31.7. The van der Waals surface area contributed by atoms with Crippen LogP contribution in [-0.4, -0.2) is 181 Å². The van der Waals surface area contributed by atoms with E-state index >= 15 is 0 Å². The number of aliphatic hydroxyl groups is 1. The normalized spacial score (nSPS) is 12.4. The van der Waals surface area contributed by atoms with Crippen LogP contribution in [0.25, 0.3) is 16.7 Å². The van der Waals surface area contributed by atoms with E-state index in [2.05, 4.69) is 105 Å². The van der Waals surface area contributed by atoms with Crippen LogP contribution in [0, 0.1) is 42.2 Å². The number of thioether (sulfide) groups is 2. The molecule has 0 spiro atoms. The minimum Gasteiger partial charge on any atom is -0.493 e. The summed E-state index contributed by atoms with van der Waals surface area (Å²) >= 11 is 6.61. The van der Waals surface area contributed by atoms with Crippen molar-refractivity contribution in [2.24, 2.45) is 40.9 Å². The van der Waals surface area contributed by atoms with Crippen LogP contribution in [0.3, 0.4) is 0 Å². The van der Waals surface area contributed by atoms with E-state index in [9.17, 15) is 85.3 Å². The number of anilines is 4. The number of hydrogen-bond donors (Lipinski definition) is 10. The fraction of sp³-hybridized carbons (Fsp3) is 0.217. The summed E-state index contributed by atoms with van der Waals surface area (Å²) in [6.45, 7) is 7.45. The topological polar surface area (TPSA) is 699 Å². The fourth-order valence-electron chi connectivity index (χ4n) is 9.23. The van der Waals surface area contributed by atoms with Gasteiger partial charge in [0, 0.05) is 33.6 Å². The molecule has 0 fully saturated rings. The van der Waals surface area contributed by atoms with Gasteiger partial charge in [-0.1, -0.05) is 29.3 Å². The van der Waals surface area contributed by atoms with Crippen molar-refractivity contribution >= 4 is 211 Å². The number of aliphatic hydroxyl groups excluding tert-OH is 1. The van der Waals surface area contributed by atoms with Gasteiger partial charge in [-0.05, 0) is 141 Å². The lowest BCUT2D eigenvalue weighted by atomic mass is 10.1. The Morgan fingerprint density at radius 2 is 1.09 bits per heavy atom. The van der Waals surface area contributed by atoms with E-state index < -0.39 is 135 Å². The molecule has 56 heteroatoms. The molecule has 45 nitrogen and oxygen atoms in total. The number of nitrogens with one attached hydrogen (secondary N) is 2. The van der Waals surface area contributed by atoms with Crippen molar-refractivity contribution in [1.82, 2.24) is 24.3 Å². The van der Waals surface area contributed by atoms with E-state index in [1.165, 1.54) is 65.9 Å². The Balaban J connectivity index is 0.00000119. The number of benzene rings is 6. The smallest absolute Gasteiger partial charge is 0.425 e. The maximum absolute atomic E-state index is 12.3. The highest BCUT2D eigenvalue weighted by Crippen LogP contribution is 2.46. The molecule has 0 saturated carbocycles. The molecule has 0 bridgehead atoms. The average Bonchev–Trinajstić information content (AvgIpc) is 1.57. The lowest BCUT2D eigenvalue weighted by molar-refractivity contribution is -0.385. The second-order valence-electron chi connectivity index (χ2n) is 22.5. The second-order valence-corrected chi connectivity index (χ2v) is 36.6. The quantitative estimate of drug-likeness (QED) is 0.00274. The Kier molecular flexibility index (Phi) is 33.9. The molecule has 0 saturated heterocycles. The minimum absolute atomic E-state index is 0.0373. The molecule has 9 aromatic rings. The van der Waals surface area contributed by atoms with Gasteiger partial charge in [-0.15, -0.1) is 79.5 Å². The zero-order valence-electron chi connectivity index (χ0n) is 59.1. The molecule has 3 aromatic heterocycles. The van der Waals surface area contributed by atoms with Crippen LogP contribution in [-0.2, 0) is 95.8 Å². The third-order valence-corrected chi connectivity index (χ3v) is 22.7. The van der Waals surface area contributed by atoms with Gasteiger partial charge in [0.25, 0.3) is 56.3 Å². The van der Waals surface area contributed by atoms with Crippen molar-refractivity contribution in [3.63, 3.8) is 0 Å². The summed E-state index contributed by atoms with van der Waals surface area (Å²) in [6, 6.07) is 25.3. The molecule has 3 heterocycles. The molecule has 0 aliphatic heterocycles. The van der Waals surface area contributed by atoms with Crippen LogP contribution >= 0.6 is 23.5 Å². The molecule has 9 rings (SSSR count). The van der Waals surface area contributed by atoms with Crippen molar-refractivity contribution in [2.45, 2.75) is 59.6 Å². The molecule has 116 heavy (non-hydrogen) atoms. The number of aromatic nitrogens is 5. The van der Waals surface area contributed by atoms with Gasteiger partial charge in [-0.3, -0.25) is 37.3 Å². The molecular formula is C60H59N17O28S11. The van der Waals surface area contributed by atoms with E-state index in [1.54, 1.807) is 38.1 Å². The van der Waals surface area contributed by atoms with E-state index in [1.807, 2.05) is 0 Å². The molecule has 0 aliphatic carbocycles. The van der Waals surface area contributed by atoms with Crippen LogP contribution in [0.1, 0.15) is 41.5 Å². The number of imidazole rings is 1. The number of non-ortho nitro benzene ring substituents is 1. The molecule has 618 valence electrons. The number of nitro groups is 1. The molecule has 10 N–H and O–H groups in total. The third kappa shape index (κ3) is 29.0. The van der Waals surface area contributed by atoms with E-state index in [-0.39, 0.29) is 128 Å². The summed E-state index contributed by atoms with van der Waals surface area (Å²) < 4.78 is 230. The second kappa shape index (κ2) is 41.8. The molecule has 0 radical (unpaired) electrons. The number of hydrogen-bond acceptors (Lipinski definition) is 41. The number of aryl methyl sites for hydroxylation is 2. The first-order chi connectivity index (χ1) is 54.3. The predicted octanol–water partition coefficient (Wildman–Crippen LogP) is 10.7. The minimum atomic E-state index is -5.05. The largest absolute Gasteiger partial charge is 0.493 e. The molecule has 0 aliphatic rings. The number of para-hydroxylation sites is 3. The number of aromatic hydroxyl groups is 1. The summed E-state index contributed by atoms with van der Waals surface area (Å²) in [5.41, 5.74) is 0.696. The third-order valence-electron chi connectivity index (χ3n) is 14.3. The predicted molar refractivity (Wildman–Crippen MR) is 420 cm³/mol. The summed E-state index contributed by atoms with van der Waals surface area (Å²) in [6.07, 6.45) is 0.635. The van der Waals surface area contributed by atoms with Crippen LogP contribution in [0.5, 0.6) is 11.6 Å². The highest BCUT2D eigenvalue weighted by molar-refractivity contribution is 8.35. The molecule has 6 aromatic carbocycles. The Morgan fingerprint density at radius 3 is 1.59 bits per heavy atom. The lowest BCUT2D eigenvalue weighted by Gasteiger charge is -2.14. The summed E-state index contributed by atoms with van der Waals surface area (Å²) in [4.78, 5) is 26.9. The number of fused-ring (bicyclic) bond motifs is 3. The maximum atomic E-state index is 12.3. The number of nitro benzene ring substituents is 1. The van der Waals surface area contributed by atoms with Gasteiger partial charge in [0.15, 0.2) is 11.3 Å². The van der Waals surface area contributed by atoms with Gasteiger partial charge in [-0.25, -0.2) is 20.2 Å². The number of ether oxygens (including phenoxy) is 1. The standard InChI is InChI=1S/C57H53N17O19S7.C3H6O3S2.2O3S/c1-32-23-45(49(94-18-9-21-97(81,82)83)28-40(32)66-65-39-16-15-35(74(76)77)25-52(39)100(90,91)92)70-67-41-29-50(95-19-10-22-98(84,85)86)46(24-33(41)2)71-68-43-27-48(93-17-8-20-96(78,79)80)44(69-72-53-34(3)36(30-58)54-61-37-11-4-6-13-47(37)73(54)55(53)75)26-42(43)63-57-60-31-59-56(64-57)62-38-12-5-7-14-51(38)99(87,88)89;1-2-8(7,3-4)6-5;2*1-4(2)3/h4-7,11-16,23-29,31,75H,8-10,17-22H2,1-3H3,(H,78,79,80)(H,81,82,83)(H,84,85,86)(H,87,88,89)(H,90,91,92)(H2,59,60,62,63,64);4-5H,1,3H2;;. The SMILES string of the molecule is C=C=S(=S)(CO)OO.Cc1cc(N=Nc2cc(OCCCS(=O)(=O)O)c(N=Nc3c(C)c(C#N)c4nc5ccccc5n4c3O)cc2Nc2ncnc(Nc3ccccc3S(=O)(=O)O)n2)c(SCCCS(=O)(=O)O)cc1N=Nc1cc(C)c(N=Nc2ccc([N+](=O)[O-])cc2S(=O)(=O)O)cc1SCCCS(=O)(=O)O.O=S(=O)=O.O=S(=O)=O. The first-order valence-corrected chi connectivity index (χ1v) is 45.6. The fourth-order valence-corrected chi connectivity index (χ4v) is 14.5. The van der Waals surface area contributed by atoms with Gasteiger partial charge in [0.1, 0.15) is 56.5 Å². The van der Waals surface area contributed by atoms with Crippen LogP contribution < -0.4 is 15.4 Å². The molecule has 1 unspecified atom stereocenters. The number of pyridine rings is 1. The highest BCUT2D eigenvalue weighted by atomic mass is 32.8. The monoisotopic (exact) mass is 1820 g/mol. The van der Waals surface area contributed by atoms with Gasteiger partial charge >= 0.3 is 21.2 Å². The van der Waals surface area contributed by atoms with Crippen molar-refractivity contribution in [3.8, 4) is 17.7 Å². The average molecular weight is 1820 g/mol. The van der Waals surface area contributed by atoms with Gasteiger partial charge in [0.2, 0.25) is 17.8 Å².